The molecule has 23 heavy (non-hydrogen) atoms. The predicted octanol–water partition coefficient (Wildman–Crippen LogP) is 2.28. The number of carbonyl (C=O) groups excluding carboxylic acids is 1. The number of hydrogen-bond donors (Lipinski definition) is 1. The van der Waals surface area contributed by atoms with E-state index >= 15 is 0 Å². The van der Waals surface area contributed by atoms with Crippen LogP contribution in [-0.4, -0.2) is 35.6 Å². The van der Waals surface area contributed by atoms with Gasteiger partial charge in [-0.3, -0.25) is 4.79 Å². The Hall–Kier alpha value is -1.37. The second-order valence-electron chi connectivity index (χ2n) is 7.78. The molecular formula is C16H25N3O3S. The van der Waals surface area contributed by atoms with E-state index in [0.29, 0.717) is 12.2 Å². The van der Waals surface area contributed by atoms with E-state index in [1.54, 1.807) is 4.68 Å². The van der Waals surface area contributed by atoms with E-state index in [9.17, 15) is 13.2 Å². The average Bonchev–Trinajstić information content (AvgIpc) is 2.89. The SMILES string of the molecule is CC(C)(C)c1cc(NC(=O)C2CCC2)n(C2CCS(=O)(=O)C2)n1. The van der Waals surface area contributed by atoms with Gasteiger partial charge in [-0.05, 0) is 19.3 Å². The Bertz CT molecular complexity index is 711. The van der Waals surface area contributed by atoms with Crippen molar-refractivity contribution in [1.29, 1.82) is 0 Å². The minimum absolute atomic E-state index is 0.0266. The normalized spacial score (nSPS) is 24.4. The van der Waals surface area contributed by atoms with Gasteiger partial charge in [-0.25, -0.2) is 13.1 Å². The van der Waals surface area contributed by atoms with Gasteiger partial charge in [0.05, 0.1) is 23.2 Å². The Morgan fingerprint density at radius 1 is 1.30 bits per heavy atom. The second kappa shape index (κ2) is 5.61. The molecule has 1 aliphatic heterocycles. The fourth-order valence-corrected chi connectivity index (χ4v) is 4.69. The fourth-order valence-electron chi connectivity index (χ4n) is 3.00. The van der Waals surface area contributed by atoms with E-state index < -0.39 is 9.84 Å². The highest BCUT2D eigenvalue weighted by Gasteiger charge is 2.33. The Labute approximate surface area is 137 Å². The third-order valence-electron chi connectivity index (χ3n) is 4.79. The first kappa shape index (κ1) is 16.5. The summed E-state index contributed by atoms with van der Waals surface area (Å²) in [5.74, 6) is 1.04. The monoisotopic (exact) mass is 339 g/mol. The highest BCUT2D eigenvalue weighted by Crippen LogP contribution is 2.32. The molecule has 3 rings (SSSR count). The molecular weight excluding hydrogens is 314 g/mol. The Balaban J connectivity index is 1.89. The van der Waals surface area contributed by atoms with Crippen molar-refractivity contribution in [2.24, 2.45) is 5.92 Å². The minimum atomic E-state index is -3.00. The number of amides is 1. The highest BCUT2D eigenvalue weighted by atomic mass is 32.2. The zero-order valence-corrected chi connectivity index (χ0v) is 14.8. The number of aromatic nitrogens is 2. The van der Waals surface area contributed by atoms with Crippen molar-refractivity contribution in [3.63, 3.8) is 0 Å². The number of hydrogen-bond acceptors (Lipinski definition) is 4. The Morgan fingerprint density at radius 2 is 2.00 bits per heavy atom. The van der Waals surface area contributed by atoms with E-state index in [-0.39, 0.29) is 34.8 Å². The molecule has 0 aromatic carbocycles. The maximum atomic E-state index is 12.3. The highest BCUT2D eigenvalue weighted by molar-refractivity contribution is 7.91. The molecule has 0 radical (unpaired) electrons. The molecule has 1 unspecified atom stereocenters. The summed E-state index contributed by atoms with van der Waals surface area (Å²) in [7, 11) is -3.00. The Kier molecular flexibility index (Phi) is 4.02. The van der Waals surface area contributed by atoms with Crippen LogP contribution in [0, 0.1) is 5.92 Å². The third-order valence-corrected chi connectivity index (χ3v) is 6.54. The van der Waals surface area contributed by atoms with Crippen molar-refractivity contribution in [3.8, 4) is 0 Å². The van der Waals surface area contributed by atoms with Crippen LogP contribution >= 0.6 is 0 Å². The summed E-state index contributed by atoms with van der Waals surface area (Å²) >= 11 is 0. The lowest BCUT2D eigenvalue weighted by Crippen LogP contribution is -2.29. The molecule has 1 aromatic heterocycles. The number of rotatable bonds is 3. The summed E-state index contributed by atoms with van der Waals surface area (Å²) in [6.07, 6.45) is 3.53. The molecule has 1 aromatic rings. The summed E-state index contributed by atoms with van der Waals surface area (Å²) in [5.41, 5.74) is 0.712. The van der Waals surface area contributed by atoms with Gasteiger partial charge in [-0.15, -0.1) is 0 Å². The van der Waals surface area contributed by atoms with Crippen molar-refractivity contribution in [3.05, 3.63) is 11.8 Å². The van der Waals surface area contributed by atoms with Crippen LogP contribution in [-0.2, 0) is 20.0 Å². The maximum absolute atomic E-state index is 12.3. The number of carbonyl (C=O) groups is 1. The van der Waals surface area contributed by atoms with Crippen molar-refractivity contribution < 1.29 is 13.2 Å². The number of nitrogens with zero attached hydrogens (tertiary/aromatic N) is 2. The van der Waals surface area contributed by atoms with Crippen LogP contribution in [0.1, 0.15) is 58.2 Å². The summed E-state index contributed by atoms with van der Waals surface area (Å²) in [6.45, 7) is 6.17. The van der Waals surface area contributed by atoms with Crippen LogP contribution in [0.3, 0.4) is 0 Å². The Morgan fingerprint density at radius 3 is 2.48 bits per heavy atom. The van der Waals surface area contributed by atoms with Gasteiger partial charge < -0.3 is 5.32 Å². The molecule has 1 atom stereocenters. The lowest BCUT2D eigenvalue weighted by molar-refractivity contribution is -0.122. The van der Waals surface area contributed by atoms with Crippen molar-refractivity contribution in [2.75, 3.05) is 16.8 Å². The summed E-state index contributed by atoms with van der Waals surface area (Å²) in [5, 5.41) is 7.60. The third kappa shape index (κ3) is 3.44. The predicted molar refractivity (Wildman–Crippen MR) is 89.2 cm³/mol. The zero-order valence-electron chi connectivity index (χ0n) is 14.0. The van der Waals surface area contributed by atoms with Crippen molar-refractivity contribution >= 4 is 21.6 Å². The molecule has 1 saturated carbocycles. The molecule has 2 aliphatic rings. The van der Waals surface area contributed by atoms with Gasteiger partial charge in [-0.1, -0.05) is 27.2 Å². The summed E-state index contributed by atoms with van der Waals surface area (Å²) in [4.78, 5) is 12.3. The first-order valence-corrected chi connectivity index (χ1v) is 10.1. The van der Waals surface area contributed by atoms with Crippen LogP contribution in [0.5, 0.6) is 0 Å². The van der Waals surface area contributed by atoms with Crippen molar-refractivity contribution in [2.45, 2.75) is 57.9 Å². The number of nitrogens with one attached hydrogen (secondary N) is 1. The molecule has 128 valence electrons. The smallest absolute Gasteiger partial charge is 0.228 e. The molecule has 7 heteroatoms. The first-order valence-electron chi connectivity index (χ1n) is 8.27. The quantitative estimate of drug-likeness (QED) is 0.916. The lowest BCUT2D eigenvalue weighted by atomic mass is 9.85. The zero-order chi connectivity index (χ0) is 16.8. The standard InChI is InChI=1S/C16H25N3O3S/c1-16(2,3)13-9-14(17-15(20)11-5-4-6-11)19(18-13)12-7-8-23(21,22)10-12/h9,11-12H,4-8,10H2,1-3H3,(H,17,20). The van der Waals surface area contributed by atoms with E-state index in [0.717, 1.165) is 25.0 Å². The van der Waals surface area contributed by atoms with E-state index in [4.69, 9.17) is 0 Å². The molecule has 1 saturated heterocycles. The largest absolute Gasteiger partial charge is 0.311 e. The van der Waals surface area contributed by atoms with Crippen LogP contribution in [0.4, 0.5) is 5.82 Å². The molecule has 1 aliphatic carbocycles. The number of anilines is 1. The summed E-state index contributed by atoms with van der Waals surface area (Å²) in [6, 6.07) is 1.70. The molecule has 6 nitrogen and oxygen atoms in total. The van der Waals surface area contributed by atoms with Crippen LogP contribution in [0.15, 0.2) is 6.07 Å². The van der Waals surface area contributed by atoms with Gasteiger partial charge in [0.1, 0.15) is 5.82 Å². The molecule has 1 amide bonds. The van der Waals surface area contributed by atoms with E-state index in [1.165, 1.54) is 0 Å². The number of sulfone groups is 1. The van der Waals surface area contributed by atoms with E-state index in [1.807, 2.05) is 6.07 Å². The summed E-state index contributed by atoms with van der Waals surface area (Å²) < 4.78 is 25.3. The van der Waals surface area contributed by atoms with Gasteiger partial charge in [-0.2, -0.15) is 5.10 Å². The molecule has 2 fully saturated rings. The topological polar surface area (TPSA) is 81.1 Å². The van der Waals surface area contributed by atoms with Gasteiger partial charge >= 0.3 is 0 Å². The van der Waals surface area contributed by atoms with Crippen LogP contribution in [0.25, 0.3) is 0 Å². The molecule has 0 spiro atoms. The average molecular weight is 339 g/mol. The second-order valence-corrected chi connectivity index (χ2v) is 10.0. The fraction of sp³-hybridized carbons (Fsp3) is 0.750. The van der Waals surface area contributed by atoms with Gasteiger partial charge in [0.15, 0.2) is 9.84 Å². The minimum Gasteiger partial charge on any atom is -0.311 e. The van der Waals surface area contributed by atoms with Crippen molar-refractivity contribution in [1.82, 2.24) is 9.78 Å². The van der Waals surface area contributed by atoms with E-state index in [2.05, 4.69) is 31.2 Å². The van der Waals surface area contributed by atoms with Gasteiger partial charge in [0, 0.05) is 17.4 Å². The van der Waals surface area contributed by atoms with Crippen LogP contribution < -0.4 is 5.32 Å². The maximum Gasteiger partial charge on any atom is 0.228 e. The molecule has 2 heterocycles. The van der Waals surface area contributed by atoms with Crippen LogP contribution in [0.2, 0.25) is 0 Å². The first-order chi connectivity index (χ1) is 10.7. The van der Waals surface area contributed by atoms with Gasteiger partial charge in [0.2, 0.25) is 5.91 Å². The molecule has 0 bridgehead atoms. The van der Waals surface area contributed by atoms with Gasteiger partial charge in [0.25, 0.3) is 0 Å². The molecule has 1 N–H and O–H groups in total. The lowest BCUT2D eigenvalue weighted by Gasteiger charge is -2.24.